The van der Waals surface area contributed by atoms with Crippen LogP contribution in [-0.4, -0.2) is 29.2 Å². The Morgan fingerprint density at radius 1 is 0.951 bits per heavy atom. The van der Waals surface area contributed by atoms with Crippen LogP contribution in [0.1, 0.15) is 86.2 Å². The van der Waals surface area contributed by atoms with Gasteiger partial charge in [0, 0.05) is 40.8 Å². The number of halogens is 1. The van der Waals surface area contributed by atoms with Crippen LogP contribution < -0.4 is 0 Å². The molecule has 0 N–H and O–H groups in total. The Morgan fingerprint density at radius 2 is 1.83 bits per heavy atom. The van der Waals surface area contributed by atoms with Gasteiger partial charge in [0.2, 0.25) is 0 Å². The molecule has 4 heterocycles. The van der Waals surface area contributed by atoms with Crippen molar-refractivity contribution in [3.05, 3.63) is 111 Å². The SMILES string of the molecule is C/C=C\C(=C/C)n1c2c(c3c1N=CC(C)[C@H]3C)C1C=C(c3nc(C4=IC=CC=C4)nc(C4C=CC=CC4)n3)[C@@H]1C=C2. The van der Waals surface area contributed by atoms with E-state index in [1.807, 2.05) is 0 Å². The Labute approximate surface area is 252 Å². The summed E-state index contributed by atoms with van der Waals surface area (Å²) in [6.45, 7) is 8.81. The van der Waals surface area contributed by atoms with Crippen LogP contribution in [-0.2, 0) is 0 Å². The molecule has 5 nitrogen and oxygen atoms in total. The number of hydrogen-bond acceptors (Lipinski definition) is 4. The van der Waals surface area contributed by atoms with E-state index in [1.54, 1.807) is 0 Å². The maximum absolute atomic E-state index is 5.11. The molecule has 5 atom stereocenters. The minimum absolute atomic E-state index is 0.180. The molecular weight excluding hydrogens is 617 g/mol. The Bertz CT molecular complexity index is 1740. The Balaban J connectivity index is 1.35. The molecule has 0 saturated heterocycles. The van der Waals surface area contributed by atoms with Gasteiger partial charge in [-0.3, -0.25) is 4.57 Å². The van der Waals surface area contributed by atoms with Gasteiger partial charge in [-0.05, 0) is 60.0 Å². The monoisotopic (exact) mass is 651 g/mol. The van der Waals surface area contributed by atoms with Crippen LogP contribution in [0.25, 0.3) is 17.3 Å². The van der Waals surface area contributed by atoms with Crippen LogP contribution in [0.4, 0.5) is 5.82 Å². The second kappa shape index (κ2) is 10.7. The van der Waals surface area contributed by atoms with Gasteiger partial charge in [0.15, 0.2) is 11.6 Å². The van der Waals surface area contributed by atoms with Crippen molar-refractivity contribution in [2.24, 2.45) is 16.8 Å². The first-order chi connectivity index (χ1) is 20.1. The minimum atomic E-state index is -0.252. The summed E-state index contributed by atoms with van der Waals surface area (Å²) in [7, 11) is 0. The molecule has 3 aliphatic carbocycles. The zero-order chi connectivity index (χ0) is 28.1. The van der Waals surface area contributed by atoms with Crippen molar-refractivity contribution in [1.29, 1.82) is 0 Å². The number of rotatable bonds is 5. The van der Waals surface area contributed by atoms with Gasteiger partial charge >= 0.3 is 0 Å². The molecule has 0 spiro atoms. The van der Waals surface area contributed by atoms with Crippen molar-refractivity contribution in [1.82, 2.24) is 19.5 Å². The van der Waals surface area contributed by atoms with E-state index in [4.69, 9.17) is 19.9 Å². The average Bonchev–Trinajstić information content (AvgIpc) is 3.32. The van der Waals surface area contributed by atoms with Gasteiger partial charge in [-0.25, -0.2) is 19.9 Å². The molecule has 0 amide bonds. The maximum Gasteiger partial charge on any atom is 0.169 e. The van der Waals surface area contributed by atoms with Gasteiger partial charge in [0.25, 0.3) is 0 Å². The Hall–Kier alpha value is -3.52. The summed E-state index contributed by atoms with van der Waals surface area (Å²) in [5.41, 5.74) is 6.45. The standard InChI is InChI=1S/C35H34IN5/c1-5-12-24(6-2)41-29-17-16-25-26(31(29)30-22(4)21(3)20-37-35(30)41)19-27(25)33-38-32(23-13-8-7-9-14-23)39-34(40-33)28-15-10-11-18-36-28/h5-13,15-23,25-26H,14H2,1-4H3/b12-5-,24-6+/t21?,22-,23?,25-,26?/m1/s1. The fourth-order valence-electron chi connectivity index (χ4n) is 6.42. The predicted octanol–water partition coefficient (Wildman–Crippen LogP) is 8.56. The van der Waals surface area contributed by atoms with Crippen molar-refractivity contribution in [2.75, 3.05) is 0 Å². The highest BCUT2D eigenvalue weighted by Gasteiger charge is 2.43. The van der Waals surface area contributed by atoms with E-state index in [9.17, 15) is 0 Å². The van der Waals surface area contributed by atoms with Crippen LogP contribution in [0.15, 0.2) is 82.0 Å². The van der Waals surface area contributed by atoms with Crippen molar-refractivity contribution < 1.29 is 0 Å². The summed E-state index contributed by atoms with van der Waals surface area (Å²) < 4.78 is 5.88. The number of nitrogens with zero attached hydrogens (tertiary/aromatic N) is 5. The first-order valence-electron chi connectivity index (χ1n) is 14.5. The van der Waals surface area contributed by atoms with Crippen LogP contribution >= 0.6 is 20.7 Å². The van der Waals surface area contributed by atoms with Crippen LogP contribution in [0.2, 0.25) is 0 Å². The number of fused-ring (bicyclic) bond motifs is 5. The molecule has 0 fully saturated rings. The van der Waals surface area contributed by atoms with E-state index in [0.717, 1.165) is 35.4 Å². The lowest BCUT2D eigenvalue weighted by atomic mass is 9.66. The van der Waals surface area contributed by atoms with E-state index in [2.05, 4.69) is 122 Å². The topological polar surface area (TPSA) is 56.0 Å². The van der Waals surface area contributed by atoms with Gasteiger partial charge in [0.05, 0.1) is 9.20 Å². The lowest BCUT2D eigenvalue weighted by Gasteiger charge is -2.38. The van der Waals surface area contributed by atoms with Crippen LogP contribution in [0.5, 0.6) is 0 Å². The fourth-order valence-corrected chi connectivity index (χ4v) is 8.19. The van der Waals surface area contributed by atoms with Crippen molar-refractivity contribution in [3.8, 4) is 0 Å². The molecule has 0 aromatic carbocycles. The van der Waals surface area contributed by atoms with E-state index in [0.29, 0.717) is 17.8 Å². The normalized spacial score (nSPS) is 27.6. The first kappa shape index (κ1) is 26.4. The van der Waals surface area contributed by atoms with Crippen LogP contribution in [0.3, 0.4) is 0 Å². The van der Waals surface area contributed by atoms with Gasteiger partial charge in [-0.1, -0.05) is 95.3 Å². The molecule has 2 aromatic heterocycles. The van der Waals surface area contributed by atoms with Crippen molar-refractivity contribution >= 4 is 53.6 Å². The summed E-state index contributed by atoms with van der Waals surface area (Å²) in [6.07, 6.45) is 31.6. The van der Waals surface area contributed by atoms with E-state index in [1.165, 1.54) is 25.9 Å². The Kier molecular flexibility index (Phi) is 6.89. The Morgan fingerprint density at radius 3 is 2.59 bits per heavy atom. The van der Waals surface area contributed by atoms with E-state index >= 15 is 0 Å². The van der Waals surface area contributed by atoms with Gasteiger partial charge < -0.3 is 0 Å². The molecule has 0 saturated carbocycles. The lowest BCUT2D eigenvalue weighted by Crippen LogP contribution is -2.27. The van der Waals surface area contributed by atoms with Crippen molar-refractivity contribution in [3.63, 3.8) is 0 Å². The third-order valence-electron chi connectivity index (χ3n) is 8.77. The fraction of sp³-hybridized carbons (Fsp3) is 0.286. The quantitative estimate of drug-likeness (QED) is 0.241. The van der Waals surface area contributed by atoms with Gasteiger partial charge in [-0.15, -0.1) is 0 Å². The molecule has 2 aliphatic heterocycles. The molecule has 5 aliphatic rings. The van der Waals surface area contributed by atoms with Crippen molar-refractivity contribution in [2.45, 2.75) is 51.9 Å². The minimum Gasteiger partial charge on any atom is -0.295 e. The zero-order valence-electron chi connectivity index (χ0n) is 23.9. The number of hydrogen-bond donors (Lipinski definition) is 0. The molecule has 206 valence electrons. The second-order valence-corrected chi connectivity index (χ2v) is 13.7. The summed E-state index contributed by atoms with van der Waals surface area (Å²) in [4.78, 5) is 20.2. The molecule has 0 bridgehead atoms. The smallest absolute Gasteiger partial charge is 0.169 e. The summed E-state index contributed by atoms with van der Waals surface area (Å²) in [5.74, 6) is 5.16. The number of aromatic nitrogens is 4. The second-order valence-electron chi connectivity index (χ2n) is 11.2. The molecule has 3 unspecified atom stereocenters. The highest BCUT2D eigenvalue weighted by Crippen LogP contribution is 2.56. The van der Waals surface area contributed by atoms with Gasteiger partial charge in [-0.2, -0.15) is 0 Å². The highest BCUT2D eigenvalue weighted by molar-refractivity contribution is 14.2. The third kappa shape index (κ3) is 4.38. The summed E-state index contributed by atoms with van der Waals surface area (Å²) >= 11 is -0.252. The summed E-state index contributed by atoms with van der Waals surface area (Å²) in [5, 5.41) is 0. The molecule has 7 rings (SSSR count). The number of aliphatic imine (C=N–C) groups is 1. The average molecular weight is 652 g/mol. The third-order valence-corrected chi connectivity index (χ3v) is 11.1. The molecular formula is C35H34IN5. The van der Waals surface area contributed by atoms with Gasteiger partial charge in [0.1, 0.15) is 11.6 Å². The molecule has 6 heteroatoms. The lowest BCUT2D eigenvalue weighted by molar-refractivity contribution is 0.594. The highest BCUT2D eigenvalue weighted by atomic mass is 127. The largest absolute Gasteiger partial charge is 0.295 e. The first-order valence-corrected chi connectivity index (χ1v) is 16.9. The molecule has 41 heavy (non-hydrogen) atoms. The zero-order valence-corrected chi connectivity index (χ0v) is 26.0. The number of allylic oxidation sites excluding steroid dienone is 14. The molecule has 2 aromatic rings. The molecule has 0 radical (unpaired) electrons. The van der Waals surface area contributed by atoms with Crippen LogP contribution in [0, 0.1) is 11.8 Å². The van der Waals surface area contributed by atoms with E-state index < -0.39 is 0 Å². The maximum atomic E-state index is 5.11. The summed E-state index contributed by atoms with van der Waals surface area (Å²) in [6, 6.07) is 0. The predicted molar refractivity (Wildman–Crippen MR) is 180 cm³/mol. The van der Waals surface area contributed by atoms with E-state index in [-0.39, 0.29) is 32.6 Å².